The van der Waals surface area contributed by atoms with Crippen LogP contribution in [0.1, 0.15) is 107 Å². The number of benzene rings is 1. The summed E-state index contributed by atoms with van der Waals surface area (Å²) in [5.41, 5.74) is 3.46. The molecule has 1 aromatic heterocycles. The molecule has 5 nitrogen and oxygen atoms in total. The van der Waals surface area contributed by atoms with Gasteiger partial charge in [-0.25, -0.2) is 4.39 Å². The Morgan fingerprint density at radius 1 is 1.00 bits per heavy atom. The zero-order valence-corrected chi connectivity index (χ0v) is 23.3. The normalized spacial score (nSPS) is 20.9. The van der Waals surface area contributed by atoms with Crippen LogP contribution in [0.2, 0.25) is 0 Å². The molecule has 0 saturated heterocycles. The molecule has 2 N–H and O–H groups in total. The number of nitrogens with zero attached hydrogens (tertiary/aromatic N) is 1. The van der Waals surface area contributed by atoms with E-state index in [0.29, 0.717) is 29.9 Å². The van der Waals surface area contributed by atoms with Gasteiger partial charge in [-0.05, 0) is 92.7 Å². The molecule has 1 aromatic carbocycles. The Labute approximate surface area is 220 Å². The second-order valence-electron chi connectivity index (χ2n) is 12.8. The van der Waals surface area contributed by atoms with E-state index in [0.717, 1.165) is 29.1 Å². The van der Waals surface area contributed by atoms with E-state index in [2.05, 4.69) is 36.7 Å². The summed E-state index contributed by atoms with van der Waals surface area (Å²) in [7, 11) is 0. The molecule has 0 atom stereocenters. The summed E-state index contributed by atoms with van der Waals surface area (Å²) in [6, 6.07) is 7.89. The van der Waals surface area contributed by atoms with Gasteiger partial charge in [0.1, 0.15) is 5.67 Å². The van der Waals surface area contributed by atoms with Crippen molar-refractivity contribution in [3.05, 3.63) is 46.6 Å². The molecule has 2 saturated carbocycles. The first-order chi connectivity index (χ1) is 17.2. The van der Waals surface area contributed by atoms with Gasteiger partial charge in [-0.15, -0.1) is 0 Å². The van der Waals surface area contributed by atoms with Crippen LogP contribution in [0.4, 0.5) is 4.39 Å². The maximum atomic E-state index is 15.2. The molecule has 37 heavy (non-hydrogen) atoms. The lowest BCUT2D eigenvalue weighted by atomic mass is 9.80. The Morgan fingerprint density at radius 2 is 1.62 bits per heavy atom. The van der Waals surface area contributed by atoms with Crippen molar-refractivity contribution in [1.82, 2.24) is 9.88 Å². The van der Waals surface area contributed by atoms with Crippen molar-refractivity contribution in [2.45, 2.75) is 110 Å². The molecule has 1 amide bonds. The predicted octanol–water partition coefficient (Wildman–Crippen LogP) is 7.14. The highest BCUT2D eigenvalue weighted by Crippen LogP contribution is 2.37. The first-order valence-corrected chi connectivity index (χ1v) is 13.8. The molecule has 1 heterocycles. The largest absolute Gasteiger partial charge is 0.481 e. The zero-order chi connectivity index (χ0) is 27.1. The van der Waals surface area contributed by atoms with E-state index in [1.54, 1.807) is 13.8 Å². The van der Waals surface area contributed by atoms with Gasteiger partial charge in [0.25, 0.3) is 5.91 Å². The fourth-order valence-corrected chi connectivity index (χ4v) is 5.73. The van der Waals surface area contributed by atoms with E-state index in [1.165, 1.54) is 32.1 Å². The van der Waals surface area contributed by atoms with Crippen LogP contribution in [-0.4, -0.2) is 27.6 Å². The molecule has 2 aromatic rings. The number of aromatic nitrogens is 1. The second kappa shape index (κ2) is 10.3. The maximum Gasteiger partial charge on any atom is 0.306 e. The van der Waals surface area contributed by atoms with E-state index in [4.69, 9.17) is 0 Å². The number of carbonyl (C=O) groups is 2. The molecular formula is C31H43FN2O3. The molecule has 0 unspecified atom stereocenters. The average molecular weight is 511 g/mol. The number of halogens is 1. The van der Waals surface area contributed by atoms with Gasteiger partial charge in [0.15, 0.2) is 0 Å². The van der Waals surface area contributed by atoms with Crippen molar-refractivity contribution in [3.8, 4) is 11.3 Å². The SMILES string of the molecule is Cc1c(C(=O)NC2CC(C(=O)O)C2)cc(-c2cc(C(C)(C)C)cc(C(C)(C)F)c2)n1CC1CCCCC1. The quantitative estimate of drug-likeness (QED) is 0.416. The number of hydrogen-bond acceptors (Lipinski definition) is 2. The summed E-state index contributed by atoms with van der Waals surface area (Å²) in [4.78, 5) is 24.5. The minimum Gasteiger partial charge on any atom is -0.481 e. The molecule has 4 rings (SSSR count). The van der Waals surface area contributed by atoms with Crippen LogP contribution in [0.25, 0.3) is 11.3 Å². The number of nitrogens with one attached hydrogen (secondary N) is 1. The van der Waals surface area contributed by atoms with Gasteiger partial charge in [-0.2, -0.15) is 0 Å². The topological polar surface area (TPSA) is 71.3 Å². The third kappa shape index (κ3) is 6.10. The number of carboxylic acids is 1. The molecule has 0 bridgehead atoms. The van der Waals surface area contributed by atoms with Crippen molar-refractivity contribution in [1.29, 1.82) is 0 Å². The van der Waals surface area contributed by atoms with Crippen LogP contribution in [0.15, 0.2) is 24.3 Å². The van der Waals surface area contributed by atoms with Gasteiger partial charge in [0.05, 0.1) is 11.5 Å². The Hall–Kier alpha value is -2.63. The van der Waals surface area contributed by atoms with E-state index in [9.17, 15) is 14.7 Å². The molecule has 2 fully saturated rings. The number of alkyl halides is 1. The molecule has 0 aliphatic heterocycles. The molecule has 202 valence electrons. The molecule has 2 aliphatic carbocycles. The third-order valence-corrected chi connectivity index (χ3v) is 8.38. The predicted molar refractivity (Wildman–Crippen MR) is 146 cm³/mol. The Balaban J connectivity index is 1.75. The Bertz CT molecular complexity index is 1120. The van der Waals surface area contributed by atoms with E-state index < -0.39 is 11.6 Å². The number of hydrogen-bond donors (Lipinski definition) is 2. The van der Waals surface area contributed by atoms with Gasteiger partial charge >= 0.3 is 5.97 Å². The minimum atomic E-state index is -1.49. The summed E-state index contributed by atoms with van der Waals surface area (Å²) >= 11 is 0. The van der Waals surface area contributed by atoms with Gasteiger partial charge in [0.2, 0.25) is 0 Å². The van der Waals surface area contributed by atoms with Crippen LogP contribution in [0, 0.1) is 18.8 Å². The lowest BCUT2D eigenvalue weighted by Crippen LogP contribution is -2.46. The van der Waals surface area contributed by atoms with Crippen molar-refractivity contribution in [2.24, 2.45) is 11.8 Å². The van der Waals surface area contributed by atoms with Crippen LogP contribution >= 0.6 is 0 Å². The Kier molecular flexibility index (Phi) is 7.60. The number of carboxylic acid groups (broad SMARTS) is 1. The van der Waals surface area contributed by atoms with Crippen molar-refractivity contribution in [3.63, 3.8) is 0 Å². The standard InChI is InChI=1S/C31H43FN2O3/c1-19-26(28(35)33-25-14-22(15-25)29(36)37)17-27(34(19)18-20-10-8-7-9-11-20)21-12-23(30(2,3)4)16-24(13-21)31(5,6)32/h12-13,16-17,20,22,25H,7-11,14-15,18H2,1-6H3,(H,33,35)(H,36,37). The minimum absolute atomic E-state index is 0.110. The monoisotopic (exact) mass is 510 g/mol. The highest BCUT2D eigenvalue weighted by atomic mass is 19.1. The highest BCUT2D eigenvalue weighted by molar-refractivity contribution is 5.97. The van der Waals surface area contributed by atoms with Crippen LogP contribution in [-0.2, 0) is 22.4 Å². The summed E-state index contributed by atoms with van der Waals surface area (Å²) < 4.78 is 17.5. The zero-order valence-electron chi connectivity index (χ0n) is 23.3. The highest BCUT2D eigenvalue weighted by Gasteiger charge is 2.36. The van der Waals surface area contributed by atoms with Gasteiger partial charge in [-0.1, -0.05) is 46.1 Å². The molecular weight excluding hydrogens is 467 g/mol. The fraction of sp³-hybridized carbons (Fsp3) is 0.613. The third-order valence-electron chi connectivity index (χ3n) is 8.38. The van der Waals surface area contributed by atoms with Crippen LogP contribution in [0.5, 0.6) is 0 Å². The number of amides is 1. The van der Waals surface area contributed by atoms with Crippen molar-refractivity contribution in [2.75, 3.05) is 0 Å². The summed E-state index contributed by atoms with van der Waals surface area (Å²) in [5.74, 6) is -0.776. The van der Waals surface area contributed by atoms with Gasteiger partial charge in [-0.3, -0.25) is 9.59 Å². The smallest absolute Gasteiger partial charge is 0.306 e. The lowest BCUT2D eigenvalue weighted by Gasteiger charge is -2.32. The number of rotatable bonds is 7. The molecule has 0 spiro atoms. The van der Waals surface area contributed by atoms with E-state index >= 15 is 4.39 Å². The molecule has 6 heteroatoms. The average Bonchev–Trinajstić information content (AvgIpc) is 3.11. The van der Waals surface area contributed by atoms with Gasteiger partial charge in [0, 0.05) is 24.0 Å². The van der Waals surface area contributed by atoms with E-state index in [1.807, 2.05) is 25.1 Å². The van der Waals surface area contributed by atoms with Crippen molar-refractivity contribution < 1.29 is 19.1 Å². The first-order valence-electron chi connectivity index (χ1n) is 13.8. The first kappa shape index (κ1) is 27.4. The summed E-state index contributed by atoms with van der Waals surface area (Å²) in [6.45, 7) is 12.4. The summed E-state index contributed by atoms with van der Waals surface area (Å²) in [5, 5.41) is 12.2. The second-order valence-corrected chi connectivity index (χ2v) is 12.8. The molecule has 0 radical (unpaired) electrons. The fourth-order valence-electron chi connectivity index (χ4n) is 5.73. The van der Waals surface area contributed by atoms with Gasteiger partial charge < -0.3 is 15.0 Å². The lowest BCUT2D eigenvalue weighted by molar-refractivity contribution is -0.145. The number of aliphatic carboxylic acids is 1. The summed E-state index contributed by atoms with van der Waals surface area (Å²) in [6.07, 6.45) is 7.06. The Morgan fingerprint density at radius 3 is 2.19 bits per heavy atom. The van der Waals surface area contributed by atoms with Crippen molar-refractivity contribution >= 4 is 11.9 Å². The van der Waals surface area contributed by atoms with E-state index in [-0.39, 0.29) is 23.3 Å². The number of carbonyl (C=O) groups excluding carboxylic acids is 1. The maximum absolute atomic E-state index is 15.2. The molecule has 2 aliphatic rings. The van der Waals surface area contributed by atoms with Crippen LogP contribution in [0.3, 0.4) is 0 Å². The van der Waals surface area contributed by atoms with Crippen LogP contribution < -0.4 is 5.32 Å².